The molecule has 7 rings (SSSR count). The summed E-state index contributed by atoms with van der Waals surface area (Å²) in [5.74, 6) is -5.75. The normalized spacial score (nSPS) is 29.6. The quantitative estimate of drug-likeness (QED) is 0.114. The molecule has 2 amide bonds. The van der Waals surface area contributed by atoms with Crippen LogP contribution in [0.1, 0.15) is 118 Å². The average Bonchev–Trinajstić information content (AvgIpc) is 3.84. The molecule has 5 heterocycles. The van der Waals surface area contributed by atoms with Gasteiger partial charge < -0.3 is 49.6 Å². The van der Waals surface area contributed by atoms with Crippen LogP contribution in [0.25, 0.3) is 10.8 Å². The number of hydrogen-bond donors (Lipinski definition) is 5. The maximum absolute atomic E-state index is 15.0. The van der Waals surface area contributed by atoms with E-state index in [1.807, 2.05) is 13.8 Å². The van der Waals surface area contributed by atoms with Gasteiger partial charge in [-0.25, -0.2) is 9.79 Å². The van der Waals surface area contributed by atoms with Crippen molar-refractivity contribution in [1.29, 1.82) is 0 Å². The third-order valence-corrected chi connectivity index (χ3v) is 15.3. The van der Waals surface area contributed by atoms with Gasteiger partial charge >= 0.3 is 11.9 Å². The number of allylic oxidation sites excluding steroid dienone is 2. The van der Waals surface area contributed by atoms with Gasteiger partial charge in [0.05, 0.1) is 47.9 Å². The summed E-state index contributed by atoms with van der Waals surface area (Å²) in [7, 11) is 1.50. The molecule has 0 aliphatic carbocycles. The third kappa shape index (κ3) is 11.5. The number of ether oxygens (including phenoxy) is 4. The van der Waals surface area contributed by atoms with Gasteiger partial charge in [-0.3, -0.25) is 24.4 Å². The summed E-state index contributed by atoms with van der Waals surface area (Å²) in [4.78, 5) is 59.0. The predicted molar refractivity (Wildman–Crippen MR) is 276 cm³/mol. The summed E-state index contributed by atoms with van der Waals surface area (Å²) in [6.45, 7) is 29.0. The number of piperidine rings is 1. The number of aromatic hydroxyl groups is 2. The van der Waals surface area contributed by atoms with E-state index in [-0.39, 0.29) is 49.7 Å². The third-order valence-electron chi connectivity index (χ3n) is 15.3. The molecular formula is C55H82N6O11. The van der Waals surface area contributed by atoms with Crippen molar-refractivity contribution in [2.45, 2.75) is 145 Å². The van der Waals surface area contributed by atoms with Crippen LogP contribution in [-0.4, -0.2) is 142 Å². The molecule has 5 aliphatic heterocycles. The molecule has 1 spiro atoms. The van der Waals surface area contributed by atoms with Crippen LogP contribution >= 0.6 is 0 Å². The molecule has 5 bridgehead atoms. The first-order chi connectivity index (χ1) is 33.9. The van der Waals surface area contributed by atoms with Gasteiger partial charge in [0.15, 0.2) is 5.75 Å². The van der Waals surface area contributed by atoms with Crippen molar-refractivity contribution in [3.63, 3.8) is 0 Å². The van der Waals surface area contributed by atoms with Crippen LogP contribution < -0.4 is 20.8 Å². The lowest BCUT2D eigenvalue weighted by Crippen LogP contribution is -2.49. The van der Waals surface area contributed by atoms with E-state index < -0.39 is 83.1 Å². The zero-order valence-electron chi connectivity index (χ0n) is 45.1. The minimum Gasteiger partial charge on any atom is -0.507 e. The van der Waals surface area contributed by atoms with Crippen molar-refractivity contribution in [3.8, 4) is 17.2 Å². The number of phenolic OH excluding ortho intramolecular Hbond substituents is 2. The highest BCUT2D eigenvalue weighted by molar-refractivity contribution is 6.21. The number of methoxy groups -OCH3 is 1. The molecule has 0 unspecified atom stereocenters. The van der Waals surface area contributed by atoms with E-state index in [0.29, 0.717) is 43.6 Å². The number of nitrogens with one attached hydrogen (secondary N) is 1. The molecule has 17 heteroatoms. The average molecular weight is 1000 g/mol. The van der Waals surface area contributed by atoms with Gasteiger partial charge in [-0.1, -0.05) is 80.5 Å². The van der Waals surface area contributed by atoms with Crippen molar-refractivity contribution in [2.24, 2.45) is 45.5 Å². The van der Waals surface area contributed by atoms with E-state index in [4.69, 9.17) is 23.9 Å². The highest BCUT2D eigenvalue weighted by Crippen LogP contribution is 2.51. The molecular weight excluding hydrogens is 921 g/mol. The Kier molecular flexibility index (Phi) is 18.0. The second-order valence-electron chi connectivity index (χ2n) is 21.6. The van der Waals surface area contributed by atoms with Gasteiger partial charge in [-0.2, -0.15) is 0 Å². The number of benzene rings is 2. The van der Waals surface area contributed by atoms with Gasteiger partial charge in [-0.15, -0.1) is 0 Å². The van der Waals surface area contributed by atoms with E-state index in [2.05, 4.69) is 54.7 Å². The first kappa shape index (κ1) is 56.2. The molecule has 398 valence electrons. The standard InChI is InChI=1S/C55H82N6O11/c1-15-59(24-20-30(3)4)29-61(16-2)53(68)71-49-34(9)38(69-14)21-27-70-54(13)51(66)41-39-40(47(64)37(12)50(41)72-54)48(65)44(43-42(39)57-55(58-43)22-25-60(26-23-55)28-31(5)6)56-52(67)33(8)19-17-18-32(7)45(62)35(10)46(63)36(49)11/h17-19,21,27,30-32,34-36,38,45-46,49,57,62-65H,15-16,20,22-26,28-29H2,1-14H3/b18-17+,27-21+,33-19-,56-44?/t32-,34+,35+,36+,38-,45-,46+,49+,54-/m0/s1. The fourth-order valence-electron chi connectivity index (χ4n) is 10.5. The van der Waals surface area contributed by atoms with E-state index in [1.165, 1.54) is 20.3 Å². The smallest absolute Gasteiger partial charge is 0.411 e. The van der Waals surface area contributed by atoms with Gasteiger partial charge in [0.2, 0.25) is 0 Å². The maximum atomic E-state index is 15.0. The van der Waals surface area contributed by atoms with Crippen molar-refractivity contribution in [3.05, 3.63) is 58.0 Å². The number of likely N-dealkylation sites (tertiary alicyclic amines) is 1. The zero-order chi connectivity index (χ0) is 53.1. The molecule has 0 saturated carbocycles. The Morgan fingerprint density at radius 1 is 0.931 bits per heavy atom. The predicted octanol–water partition coefficient (Wildman–Crippen LogP) is 6.97. The SMILES string of the molecule is CCN(CCC(C)C)CN(CC)C(=O)O[C@H]1[C@H](C)[C@H](O)[C@H](C)[C@@H](O)[C@@H](C)/C=C/C=C(/C)C(=O)N=c2c(O)c3c(O)c(C)c4c(c3c3c2=NC2(CCN(CC(C)C)CC2)N3)C(=O)[C@@](C)(O/C=C/[C@H](OC)[C@H]1C)O4. The number of fused-ring (bicyclic) bond motifs is 13. The Hall–Kier alpha value is -5.07. The van der Waals surface area contributed by atoms with Crippen LogP contribution in [0.4, 0.5) is 10.5 Å². The van der Waals surface area contributed by atoms with E-state index in [0.717, 1.165) is 39.1 Å². The molecule has 2 aromatic carbocycles. The number of amides is 2. The Labute approximate surface area is 425 Å². The topological polar surface area (TPSA) is 216 Å². The Bertz CT molecular complexity index is 2550. The molecule has 0 radical (unpaired) electrons. The highest BCUT2D eigenvalue weighted by atomic mass is 16.7. The van der Waals surface area contributed by atoms with E-state index >= 15 is 0 Å². The lowest BCUT2D eigenvalue weighted by molar-refractivity contribution is -0.114. The number of aliphatic hydroxyl groups is 2. The number of ketones is 1. The fourth-order valence-corrected chi connectivity index (χ4v) is 10.5. The highest BCUT2D eigenvalue weighted by Gasteiger charge is 2.51. The molecule has 2 aromatic rings. The monoisotopic (exact) mass is 1000 g/mol. The molecule has 5 N–H and O–H groups in total. The van der Waals surface area contributed by atoms with Crippen LogP contribution in [0.15, 0.2) is 46.1 Å². The van der Waals surface area contributed by atoms with Crippen LogP contribution in [0, 0.1) is 42.4 Å². The number of phenols is 2. The number of aliphatic hydroxyl groups excluding tert-OH is 2. The lowest BCUT2D eigenvalue weighted by Gasteiger charge is -2.39. The fraction of sp³-hybridized carbons (Fsp3) is 0.655. The number of Topliss-reactive ketones (excluding diaryl/α,β-unsaturated/α-hetero) is 1. The maximum Gasteiger partial charge on any atom is 0.411 e. The van der Waals surface area contributed by atoms with Crippen LogP contribution in [0.2, 0.25) is 0 Å². The molecule has 1 saturated heterocycles. The van der Waals surface area contributed by atoms with Gasteiger partial charge in [-0.05, 0) is 51.6 Å². The summed E-state index contributed by atoms with van der Waals surface area (Å²) >= 11 is 0. The minimum absolute atomic E-state index is 0.0523. The molecule has 5 aliphatic rings. The molecule has 0 aromatic heterocycles. The molecule has 1 fully saturated rings. The first-order valence-electron chi connectivity index (χ1n) is 26.0. The Morgan fingerprint density at radius 3 is 2.22 bits per heavy atom. The number of nitrogens with zero attached hydrogens (tertiary/aromatic N) is 5. The summed E-state index contributed by atoms with van der Waals surface area (Å²) < 4.78 is 25.1. The second-order valence-corrected chi connectivity index (χ2v) is 21.6. The number of rotatable bonds is 11. The number of carbonyl (C=O) groups is 3. The molecule has 17 nitrogen and oxygen atoms in total. The lowest BCUT2D eigenvalue weighted by atomic mass is 9.78. The van der Waals surface area contributed by atoms with Crippen molar-refractivity contribution in [2.75, 3.05) is 58.4 Å². The van der Waals surface area contributed by atoms with E-state index in [9.17, 15) is 34.8 Å². The Balaban J connectivity index is 1.47. The molecule has 72 heavy (non-hydrogen) atoms. The number of anilines is 1. The van der Waals surface area contributed by atoms with Crippen LogP contribution in [-0.2, 0) is 19.0 Å². The summed E-state index contributed by atoms with van der Waals surface area (Å²) in [5.41, 5.74) is -0.130. The van der Waals surface area contributed by atoms with Crippen molar-refractivity contribution < 1.29 is 53.8 Å². The largest absolute Gasteiger partial charge is 0.507 e. The van der Waals surface area contributed by atoms with E-state index in [1.54, 1.807) is 63.8 Å². The second kappa shape index (κ2) is 23.0. The minimum atomic E-state index is -1.98. The Morgan fingerprint density at radius 2 is 1.61 bits per heavy atom. The summed E-state index contributed by atoms with van der Waals surface area (Å²) in [6, 6.07) is 0. The van der Waals surface area contributed by atoms with Crippen LogP contribution in [0.3, 0.4) is 0 Å². The van der Waals surface area contributed by atoms with Gasteiger partial charge in [0.1, 0.15) is 34.0 Å². The number of carbonyl (C=O) groups excluding carboxylic acids is 3. The summed E-state index contributed by atoms with van der Waals surface area (Å²) in [5, 5.41) is 51.6. The zero-order valence-corrected chi connectivity index (χ0v) is 45.1. The van der Waals surface area contributed by atoms with Gasteiger partial charge in [0, 0.05) is 99.8 Å². The summed E-state index contributed by atoms with van der Waals surface area (Å²) in [6.07, 6.45) is 5.36. The van der Waals surface area contributed by atoms with Crippen molar-refractivity contribution >= 4 is 34.2 Å². The first-order valence-corrected chi connectivity index (χ1v) is 26.0. The molecule has 9 atom stereocenters. The van der Waals surface area contributed by atoms with Gasteiger partial charge in [0.25, 0.3) is 11.7 Å². The van der Waals surface area contributed by atoms with Crippen LogP contribution in [0.5, 0.6) is 17.2 Å². The number of hydrogen-bond acceptors (Lipinski definition) is 15. The van der Waals surface area contributed by atoms with Crippen molar-refractivity contribution in [1.82, 2.24) is 14.7 Å².